The molecule has 4 nitrogen and oxygen atoms in total. The van der Waals surface area contributed by atoms with Gasteiger partial charge in [0.2, 0.25) is 0 Å². The van der Waals surface area contributed by atoms with Crippen LogP contribution in [0.1, 0.15) is 13.3 Å². The predicted molar refractivity (Wildman–Crippen MR) is 73.1 cm³/mol. The standard InChI is InChI=1S/C13H16N2O2S/c1-9-13(16,6-7-17-9)8-14-12-10-4-2-3-5-11(10)15-18-12/h2-5,9,14,16H,6-8H2,1H3. The third-order valence-electron chi connectivity index (χ3n) is 3.60. The van der Waals surface area contributed by atoms with E-state index in [1.54, 1.807) is 0 Å². The molecule has 96 valence electrons. The highest BCUT2D eigenvalue weighted by Gasteiger charge is 2.39. The molecule has 1 aromatic carbocycles. The van der Waals surface area contributed by atoms with Crippen LogP contribution in [0.15, 0.2) is 24.3 Å². The van der Waals surface area contributed by atoms with Crippen LogP contribution in [0.2, 0.25) is 0 Å². The Kier molecular flexibility index (Phi) is 2.97. The summed E-state index contributed by atoms with van der Waals surface area (Å²) in [7, 11) is 0. The molecule has 2 unspecified atom stereocenters. The van der Waals surface area contributed by atoms with Crippen LogP contribution in [0.3, 0.4) is 0 Å². The molecule has 0 saturated carbocycles. The van der Waals surface area contributed by atoms with Crippen LogP contribution in [0, 0.1) is 0 Å². The van der Waals surface area contributed by atoms with Crippen molar-refractivity contribution in [2.75, 3.05) is 18.5 Å². The molecule has 2 heterocycles. The largest absolute Gasteiger partial charge is 0.385 e. The number of fused-ring (bicyclic) bond motifs is 1. The summed E-state index contributed by atoms with van der Waals surface area (Å²) in [5.74, 6) is 0. The minimum Gasteiger partial charge on any atom is -0.385 e. The molecule has 5 heteroatoms. The minimum atomic E-state index is -0.773. The van der Waals surface area contributed by atoms with Crippen molar-refractivity contribution in [3.63, 3.8) is 0 Å². The highest BCUT2D eigenvalue weighted by Crippen LogP contribution is 2.30. The molecule has 2 atom stereocenters. The maximum absolute atomic E-state index is 10.4. The van der Waals surface area contributed by atoms with Gasteiger partial charge in [-0.25, -0.2) is 0 Å². The van der Waals surface area contributed by atoms with E-state index in [2.05, 4.69) is 9.69 Å². The molecular formula is C13H16N2O2S. The first kappa shape index (κ1) is 11.9. The number of nitrogens with one attached hydrogen (secondary N) is 1. The van der Waals surface area contributed by atoms with Crippen LogP contribution in [-0.2, 0) is 4.74 Å². The van der Waals surface area contributed by atoms with Crippen LogP contribution in [0.4, 0.5) is 5.00 Å². The summed E-state index contributed by atoms with van der Waals surface area (Å²) in [5, 5.41) is 15.9. The Morgan fingerprint density at radius 2 is 2.39 bits per heavy atom. The van der Waals surface area contributed by atoms with Gasteiger partial charge in [-0.15, -0.1) is 0 Å². The van der Waals surface area contributed by atoms with E-state index in [4.69, 9.17) is 4.74 Å². The molecule has 0 aliphatic carbocycles. The Balaban J connectivity index is 1.77. The number of hydrogen-bond donors (Lipinski definition) is 2. The lowest BCUT2D eigenvalue weighted by molar-refractivity contribution is -0.0175. The summed E-state index contributed by atoms with van der Waals surface area (Å²) in [5.41, 5.74) is 0.221. The van der Waals surface area contributed by atoms with Crippen molar-refractivity contribution in [2.45, 2.75) is 25.0 Å². The molecule has 1 aromatic heterocycles. The third-order valence-corrected chi connectivity index (χ3v) is 4.43. The molecule has 1 fully saturated rings. The van der Waals surface area contributed by atoms with Gasteiger partial charge >= 0.3 is 0 Å². The number of aromatic nitrogens is 1. The van der Waals surface area contributed by atoms with Gasteiger partial charge in [0.25, 0.3) is 0 Å². The molecule has 18 heavy (non-hydrogen) atoms. The Morgan fingerprint density at radius 1 is 1.56 bits per heavy atom. The monoisotopic (exact) mass is 264 g/mol. The first-order valence-corrected chi connectivity index (χ1v) is 6.89. The number of hydrogen-bond acceptors (Lipinski definition) is 5. The first-order valence-electron chi connectivity index (χ1n) is 6.11. The second-order valence-electron chi connectivity index (χ2n) is 4.75. The van der Waals surface area contributed by atoms with Gasteiger partial charge in [-0.3, -0.25) is 0 Å². The zero-order valence-electron chi connectivity index (χ0n) is 10.2. The van der Waals surface area contributed by atoms with Crippen LogP contribution in [0.25, 0.3) is 10.9 Å². The van der Waals surface area contributed by atoms with Crippen molar-refractivity contribution in [1.29, 1.82) is 0 Å². The van der Waals surface area contributed by atoms with Crippen molar-refractivity contribution < 1.29 is 9.84 Å². The highest BCUT2D eigenvalue weighted by atomic mass is 32.1. The lowest BCUT2D eigenvalue weighted by atomic mass is 9.97. The van der Waals surface area contributed by atoms with Gasteiger partial charge in [0.05, 0.1) is 11.6 Å². The van der Waals surface area contributed by atoms with E-state index in [-0.39, 0.29) is 6.10 Å². The van der Waals surface area contributed by atoms with Gasteiger partial charge < -0.3 is 15.2 Å². The molecule has 0 radical (unpaired) electrons. The predicted octanol–water partition coefficient (Wildman–Crippen LogP) is 2.25. The Hall–Kier alpha value is -1.17. The fourth-order valence-electron chi connectivity index (χ4n) is 2.25. The Morgan fingerprint density at radius 3 is 3.17 bits per heavy atom. The zero-order valence-corrected chi connectivity index (χ0v) is 11.0. The van der Waals surface area contributed by atoms with Crippen LogP contribution in [0.5, 0.6) is 0 Å². The Bertz CT molecular complexity index is 557. The topological polar surface area (TPSA) is 54.4 Å². The van der Waals surface area contributed by atoms with Crippen molar-refractivity contribution in [3.05, 3.63) is 24.3 Å². The second-order valence-corrected chi connectivity index (χ2v) is 5.52. The van der Waals surface area contributed by atoms with E-state index in [9.17, 15) is 5.11 Å². The highest BCUT2D eigenvalue weighted by molar-refractivity contribution is 7.11. The summed E-state index contributed by atoms with van der Waals surface area (Å²) < 4.78 is 9.80. The average Bonchev–Trinajstić information content (AvgIpc) is 2.93. The number of ether oxygens (including phenoxy) is 1. The van der Waals surface area contributed by atoms with Crippen molar-refractivity contribution >= 4 is 27.4 Å². The smallest absolute Gasteiger partial charge is 0.117 e. The summed E-state index contributed by atoms with van der Waals surface area (Å²) in [6.07, 6.45) is 0.557. The van der Waals surface area contributed by atoms with Gasteiger partial charge in [-0.1, -0.05) is 12.1 Å². The van der Waals surface area contributed by atoms with Gasteiger partial charge in [0.15, 0.2) is 0 Å². The number of nitrogens with zero attached hydrogens (tertiary/aromatic N) is 1. The van der Waals surface area contributed by atoms with Gasteiger partial charge in [0.1, 0.15) is 10.6 Å². The number of anilines is 1. The summed E-state index contributed by atoms with van der Waals surface area (Å²) in [6, 6.07) is 8.01. The van der Waals surface area contributed by atoms with E-state index in [0.29, 0.717) is 19.6 Å². The van der Waals surface area contributed by atoms with Crippen LogP contribution >= 0.6 is 11.5 Å². The van der Waals surface area contributed by atoms with Gasteiger partial charge in [-0.05, 0) is 30.6 Å². The van der Waals surface area contributed by atoms with E-state index in [0.717, 1.165) is 15.9 Å². The Labute approximate surface area is 110 Å². The maximum Gasteiger partial charge on any atom is 0.117 e. The molecule has 0 bridgehead atoms. The van der Waals surface area contributed by atoms with Crippen molar-refractivity contribution in [3.8, 4) is 0 Å². The molecule has 0 spiro atoms. The summed E-state index contributed by atoms with van der Waals surface area (Å²) in [6.45, 7) is 3.04. The fourth-order valence-corrected chi connectivity index (χ4v) is 3.01. The molecule has 2 aromatic rings. The van der Waals surface area contributed by atoms with Crippen molar-refractivity contribution in [1.82, 2.24) is 4.37 Å². The average molecular weight is 264 g/mol. The molecule has 3 rings (SSSR count). The van der Waals surface area contributed by atoms with Crippen LogP contribution < -0.4 is 5.32 Å². The first-order chi connectivity index (χ1) is 8.69. The summed E-state index contributed by atoms with van der Waals surface area (Å²) in [4.78, 5) is 0. The quantitative estimate of drug-likeness (QED) is 0.892. The number of aliphatic hydroxyl groups is 1. The molecule has 1 saturated heterocycles. The van der Waals surface area contributed by atoms with Crippen LogP contribution in [-0.4, -0.2) is 34.3 Å². The zero-order chi connectivity index (χ0) is 12.6. The maximum atomic E-state index is 10.4. The minimum absolute atomic E-state index is 0.121. The molecular weight excluding hydrogens is 248 g/mol. The molecule has 1 aliphatic rings. The SMILES string of the molecule is CC1OCCC1(O)CNc1snc2ccccc12. The lowest BCUT2D eigenvalue weighted by Gasteiger charge is -2.26. The van der Waals surface area contributed by atoms with Gasteiger partial charge in [0, 0.05) is 25.0 Å². The van der Waals surface area contributed by atoms with E-state index in [1.165, 1.54) is 11.5 Å². The third kappa shape index (κ3) is 1.98. The van der Waals surface area contributed by atoms with Gasteiger partial charge in [-0.2, -0.15) is 4.37 Å². The normalized spacial score (nSPS) is 27.8. The molecule has 2 N–H and O–H groups in total. The van der Waals surface area contributed by atoms with E-state index in [1.807, 2.05) is 31.2 Å². The fraction of sp³-hybridized carbons (Fsp3) is 0.462. The summed E-state index contributed by atoms with van der Waals surface area (Å²) >= 11 is 1.43. The lowest BCUT2D eigenvalue weighted by Crippen LogP contribution is -2.42. The number of benzene rings is 1. The van der Waals surface area contributed by atoms with E-state index >= 15 is 0 Å². The molecule has 1 aliphatic heterocycles. The van der Waals surface area contributed by atoms with E-state index < -0.39 is 5.60 Å². The number of rotatable bonds is 3. The molecule has 0 amide bonds. The second kappa shape index (κ2) is 4.50. The van der Waals surface area contributed by atoms with Crippen molar-refractivity contribution in [2.24, 2.45) is 0 Å².